The summed E-state index contributed by atoms with van der Waals surface area (Å²) in [7, 11) is 0. The van der Waals surface area contributed by atoms with E-state index in [9.17, 15) is 4.79 Å². The molecular weight excluding hydrogens is 310 g/mol. The van der Waals surface area contributed by atoms with Crippen molar-refractivity contribution in [2.24, 2.45) is 0 Å². The quantitative estimate of drug-likeness (QED) is 0.797. The van der Waals surface area contributed by atoms with Gasteiger partial charge in [-0.1, -0.05) is 35.9 Å². The minimum absolute atomic E-state index is 0.0686. The fraction of sp³-hybridized carbons (Fsp3) is 0.222. The minimum atomic E-state index is -0.0686. The van der Waals surface area contributed by atoms with Crippen molar-refractivity contribution < 1.29 is 0 Å². The summed E-state index contributed by atoms with van der Waals surface area (Å²) in [6.45, 7) is 4.50. The summed E-state index contributed by atoms with van der Waals surface area (Å²) in [5.41, 5.74) is 3.37. The van der Waals surface area contributed by atoms with E-state index in [0.29, 0.717) is 12.2 Å². The van der Waals surface area contributed by atoms with Crippen LogP contribution in [0, 0.1) is 6.92 Å². The number of aromatic nitrogens is 2. The van der Waals surface area contributed by atoms with Crippen LogP contribution in [0.15, 0.2) is 53.5 Å². The highest BCUT2D eigenvalue weighted by molar-refractivity contribution is 6.31. The van der Waals surface area contributed by atoms with Gasteiger partial charge in [0, 0.05) is 29.9 Å². The number of pyridine rings is 1. The van der Waals surface area contributed by atoms with Gasteiger partial charge >= 0.3 is 0 Å². The van der Waals surface area contributed by atoms with Crippen LogP contribution in [0.4, 0.5) is 0 Å². The monoisotopic (exact) mass is 327 g/mol. The summed E-state index contributed by atoms with van der Waals surface area (Å²) < 4.78 is 1.57. The molecule has 3 rings (SSSR count). The number of nitrogens with one attached hydrogen (secondary N) is 1. The van der Waals surface area contributed by atoms with E-state index in [1.165, 1.54) is 0 Å². The minimum Gasteiger partial charge on any atom is -0.305 e. The predicted molar refractivity (Wildman–Crippen MR) is 92.9 cm³/mol. The van der Waals surface area contributed by atoms with E-state index < -0.39 is 0 Å². The molecule has 0 spiro atoms. The molecule has 0 bridgehead atoms. The maximum atomic E-state index is 12.2. The van der Waals surface area contributed by atoms with E-state index in [-0.39, 0.29) is 11.6 Å². The lowest BCUT2D eigenvalue weighted by Gasteiger charge is -2.15. The van der Waals surface area contributed by atoms with Crippen LogP contribution < -0.4 is 10.9 Å². The number of aryl methyl sites for hydroxylation is 1. The van der Waals surface area contributed by atoms with Crippen LogP contribution in [0.2, 0.25) is 5.02 Å². The molecule has 3 aromatic rings. The third-order valence-electron chi connectivity index (χ3n) is 3.82. The Morgan fingerprint density at radius 2 is 2.04 bits per heavy atom. The lowest BCUT2D eigenvalue weighted by Crippen LogP contribution is -2.22. The first-order chi connectivity index (χ1) is 11.0. The standard InChI is InChI=1S/C18H18ClN3O/c1-12-7-8-17-21-14(9-18(23)22(17)11-12)10-20-13(2)15-5-3-4-6-16(15)19/h3-9,11,13,20H,10H2,1-2H3/t13-/m0/s1. The van der Waals surface area contributed by atoms with E-state index in [2.05, 4.69) is 10.3 Å². The number of halogens is 1. The first-order valence-electron chi connectivity index (χ1n) is 7.51. The van der Waals surface area contributed by atoms with Gasteiger partial charge in [0.05, 0.1) is 5.69 Å². The summed E-state index contributed by atoms with van der Waals surface area (Å²) in [4.78, 5) is 16.7. The average Bonchev–Trinajstić information content (AvgIpc) is 2.54. The Morgan fingerprint density at radius 1 is 1.26 bits per heavy atom. The van der Waals surface area contributed by atoms with Gasteiger partial charge < -0.3 is 5.32 Å². The van der Waals surface area contributed by atoms with Crippen molar-refractivity contribution in [1.29, 1.82) is 0 Å². The van der Waals surface area contributed by atoms with E-state index in [1.54, 1.807) is 16.7 Å². The van der Waals surface area contributed by atoms with Crippen LogP contribution in [0.25, 0.3) is 5.65 Å². The summed E-state index contributed by atoms with van der Waals surface area (Å²) in [6, 6.07) is 13.2. The molecule has 0 fully saturated rings. The number of benzene rings is 1. The second-order valence-electron chi connectivity index (χ2n) is 5.64. The lowest BCUT2D eigenvalue weighted by atomic mass is 10.1. The third kappa shape index (κ3) is 3.44. The SMILES string of the molecule is Cc1ccc2nc(CN[C@@H](C)c3ccccc3Cl)cc(=O)n2c1. The van der Waals surface area contributed by atoms with Crippen molar-refractivity contribution in [3.63, 3.8) is 0 Å². The fourth-order valence-corrected chi connectivity index (χ4v) is 2.84. The molecule has 0 saturated heterocycles. The van der Waals surface area contributed by atoms with Crippen LogP contribution in [0.5, 0.6) is 0 Å². The van der Waals surface area contributed by atoms with Crippen molar-refractivity contribution in [2.75, 3.05) is 0 Å². The molecule has 118 valence electrons. The highest BCUT2D eigenvalue weighted by Crippen LogP contribution is 2.22. The molecular formula is C18H18ClN3O. The molecule has 0 aliphatic heterocycles. The normalized spacial score (nSPS) is 12.5. The van der Waals surface area contributed by atoms with Crippen LogP contribution >= 0.6 is 11.6 Å². The van der Waals surface area contributed by atoms with Crippen LogP contribution in [0.3, 0.4) is 0 Å². The zero-order valence-electron chi connectivity index (χ0n) is 13.1. The van der Waals surface area contributed by atoms with Crippen molar-refractivity contribution in [2.45, 2.75) is 26.4 Å². The van der Waals surface area contributed by atoms with Gasteiger partial charge in [-0.05, 0) is 37.1 Å². The fourth-order valence-electron chi connectivity index (χ4n) is 2.54. The van der Waals surface area contributed by atoms with Crippen molar-refractivity contribution in [1.82, 2.24) is 14.7 Å². The molecule has 1 aromatic carbocycles. The van der Waals surface area contributed by atoms with Gasteiger partial charge in [-0.2, -0.15) is 0 Å². The van der Waals surface area contributed by atoms with E-state index in [1.807, 2.05) is 50.2 Å². The molecule has 2 aromatic heterocycles. The van der Waals surface area contributed by atoms with Crippen LogP contribution in [-0.4, -0.2) is 9.38 Å². The van der Waals surface area contributed by atoms with Gasteiger partial charge in [-0.25, -0.2) is 4.98 Å². The predicted octanol–water partition coefficient (Wildman–Crippen LogP) is 3.51. The second-order valence-corrected chi connectivity index (χ2v) is 6.05. The van der Waals surface area contributed by atoms with Crippen LogP contribution in [-0.2, 0) is 6.54 Å². The lowest BCUT2D eigenvalue weighted by molar-refractivity contribution is 0.567. The molecule has 4 nitrogen and oxygen atoms in total. The molecule has 0 saturated carbocycles. The topological polar surface area (TPSA) is 46.4 Å². The maximum absolute atomic E-state index is 12.2. The Balaban J connectivity index is 1.81. The van der Waals surface area contributed by atoms with Gasteiger partial charge in [0.1, 0.15) is 5.65 Å². The van der Waals surface area contributed by atoms with Gasteiger partial charge in [0.2, 0.25) is 0 Å². The van der Waals surface area contributed by atoms with Crippen LogP contribution in [0.1, 0.15) is 29.8 Å². The Bertz CT molecular complexity index is 904. The van der Waals surface area contributed by atoms with Gasteiger partial charge in [-0.15, -0.1) is 0 Å². The number of rotatable bonds is 4. The zero-order chi connectivity index (χ0) is 16.4. The van der Waals surface area contributed by atoms with E-state index >= 15 is 0 Å². The Labute approximate surface area is 139 Å². The molecule has 0 radical (unpaired) electrons. The summed E-state index contributed by atoms with van der Waals surface area (Å²) in [6.07, 6.45) is 1.80. The summed E-state index contributed by atoms with van der Waals surface area (Å²) in [5, 5.41) is 4.10. The average molecular weight is 328 g/mol. The zero-order valence-corrected chi connectivity index (χ0v) is 13.8. The molecule has 23 heavy (non-hydrogen) atoms. The number of hydrogen-bond donors (Lipinski definition) is 1. The summed E-state index contributed by atoms with van der Waals surface area (Å²) >= 11 is 6.21. The smallest absolute Gasteiger partial charge is 0.258 e. The molecule has 0 unspecified atom stereocenters. The number of hydrogen-bond acceptors (Lipinski definition) is 3. The molecule has 2 heterocycles. The molecule has 0 amide bonds. The first-order valence-corrected chi connectivity index (χ1v) is 7.89. The van der Waals surface area contributed by atoms with Crippen molar-refractivity contribution in [3.8, 4) is 0 Å². The maximum Gasteiger partial charge on any atom is 0.258 e. The molecule has 5 heteroatoms. The van der Waals surface area contributed by atoms with Gasteiger partial charge in [0.15, 0.2) is 0 Å². The molecule has 1 atom stereocenters. The highest BCUT2D eigenvalue weighted by Gasteiger charge is 2.09. The largest absolute Gasteiger partial charge is 0.305 e. The Hall–Kier alpha value is -2.17. The van der Waals surface area contributed by atoms with E-state index in [0.717, 1.165) is 21.8 Å². The highest BCUT2D eigenvalue weighted by atomic mass is 35.5. The Morgan fingerprint density at radius 3 is 2.83 bits per heavy atom. The third-order valence-corrected chi connectivity index (χ3v) is 4.17. The summed E-state index contributed by atoms with van der Waals surface area (Å²) in [5.74, 6) is 0. The molecule has 0 aliphatic rings. The molecule has 1 N–H and O–H groups in total. The van der Waals surface area contributed by atoms with Gasteiger partial charge in [-0.3, -0.25) is 9.20 Å². The number of nitrogens with zero attached hydrogens (tertiary/aromatic N) is 2. The van der Waals surface area contributed by atoms with E-state index in [4.69, 9.17) is 11.6 Å². The number of fused-ring (bicyclic) bond motifs is 1. The second kappa shape index (κ2) is 6.52. The van der Waals surface area contributed by atoms with Crippen molar-refractivity contribution >= 4 is 17.2 Å². The van der Waals surface area contributed by atoms with Gasteiger partial charge in [0.25, 0.3) is 5.56 Å². The first kappa shape index (κ1) is 15.7. The molecule has 0 aliphatic carbocycles. The van der Waals surface area contributed by atoms with Crippen molar-refractivity contribution in [3.05, 3.63) is 80.9 Å². The Kier molecular flexibility index (Phi) is 4.46.